The predicted molar refractivity (Wildman–Crippen MR) is 139 cm³/mol. The highest BCUT2D eigenvalue weighted by atomic mass is 16.5. The maximum atomic E-state index is 12.6. The second-order valence-corrected chi connectivity index (χ2v) is 9.16. The van der Waals surface area contributed by atoms with Crippen molar-refractivity contribution in [1.29, 1.82) is 0 Å². The minimum atomic E-state index is -0.316. The first-order valence-electron chi connectivity index (χ1n) is 12.4. The first kappa shape index (κ1) is 24.7. The normalized spacial score (nSPS) is 15.6. The highest BCUT2D eigenvalue weighted by Gasteiger charge is 2.30. The molecule has 0 aliphatic carbocycles. The van der Waals surface area contributed by atoms with Gasteiger partial charge >= 0.3 is 5.97 Å². The number of hydrogen-bond donors (Lipinski definition) is 0. The Labute approximate surface area is 208 Å². The number of para-hydroxylation sites is 1. The zero-order chi connectivity index (χ0) is 24.6. The van der Waals surface area contributed by atoms with E-state index in [2.05, 4.69) is 46.0 Å². The van der Waals surface area contributed by atoms with Gasteiger partial charge in [0.15, 0.2) is 0 Å². The Morgan fingerprint density at radius 2 is 1.86 bits per heavy atom. The van der Waals surface area contributed by atoms with Crippen molar-refractivity contribution in [3.8, 4) is 5.75 Å². The Kier molecular flexibility index (Phi) is 8.37. The maximum Gasteiger partial charge on any atom is 0.342 e. The van der Waals surface area contributed by atoms with Crippen LogP contribution < -0.4 is 9.64 Å². The van der Waals surface area contributed by atoms with Crippen LogP contribution in [-0.2, 0) is 17.9 Å². The third-order valence-electron chi connectivity index (χ3n) is 6.32. The van der Waals surface area contributed by atoms with E-state index < -0.39 is 0 Å². The van der Waals surface area contributed by atoms with Gasteiger partial charge in [-0.2, -0.15) is 0 Å². The van der Waals surface area contributed by atoms with E-state index in [1.54, 1.807) is 18.3 Å². The molecule has 0 amide bonds. The molecule has 1 aromatic heterocycles. The summed E-state index contributed by atoms with van der Waals surface area (Å²) in [5.41, 5.74) is 2.87. The lowest BCUT2D eigenvalue weighted by molar-refractivity contribution is 0.0378. The summed E-state index contributed by atoms with van der Waals surface area (Å²) in [6.07, 6.45) is 2.59. The summed E-state index contributed by atoms with van der Waals surface area (Å²) < 4.78 is 11.6. The molecule has 0 saturated carbocycles. The quantitative estimate of drug-likeness (QED) is 0.371. The monoisotopic (exact) mass is 473 g/mol. The Balaban J connectivity index is 1.43. The number of likely N-dealkylation sites (N-methyl/N-ethyl adjacent to an activating group) is 1. The molecule has 4 rings (SSSR count). The van der Waals surface area contributed by atoms with Crippen molar-refractivity contribution < 1.29 is 14.3 Å². The van der Waals surface area contributed by atoms with Crippen LogP contribution in [0.1, 0.15) is 48.7 Å². The van der Waals surface area contributed by atoms with Crippen molar-refractivity contribution in [2.45, 2.75) is 52.5 Å². The highest BCUT2D eigenvalue weighted by molar-refractivity contribution is 5.94. The third kappa shape index (κ3) is 6.40. The van der Waals surface area contributed by atoms with E-state index in [0.29, 0.717) is 24.0 Å². The zero-order valence-electron chi connectivity index (χ0n) is 20.9. The van der Waals surface area contributed by atoms with Gasteiger partial charge in [0, 0.05) is 37.4 Å². The van der Waals surface area contributed by atoms with Crippen LogP contribution in [-0.4, -0.2) is 47.6 Å². The molecular formula is C29H35N3O3. The average Bonchev–Trinajstić information content (AvgIpc) is 3.37. The summed E-state index contributed by atoms with van der Waals surface area (Å²) in [5.74, 6) is 1.32. The maximum absolute atomic E-state index is 12.6. The SMILES string of the molecule is CCN(Cc1ccccc1OCc1ccccc1)C1CCN(c2ncccc2C(=O)OC(C)C)C1. The van der Waals surface area contributed by atoms with E-state index in [-0.39, 0.29) is 12.1 Å². The van der Waals surface area contributed by atoms with E-state index in [1.807, 2.05) is 44.2 Å². The number of rotatable bonds is 10. The number of hydrogen-bond acceptors (Lipinski definition) is 6. The number of nitrogens with zero attached hydrogens (tertiary/aromatic N) is 3. The number of esters is 1. The minimum Gasteiger partial charge on any atom is -0.489 e. The molecule has 1 saturated heterocycles. The summed E-state index contributed by atoms with van der Waals surface area (Å²) in [6.45, 7) is 9.88. The number of anilines is 1. The largest absolute Gasteiger partial charge is 0.489 e. The molecule has 1 aliphatic rings. The van der Waals surface area contributed by atoms with Crippen molar-refractivity contribution in [2.24, 2.45) is 0 Å². The molecule has 2 heterocycles. The number of ether oxygens (including phenoxy) is 2. The molecule has 2 aromatic carbocycles. The molecule has 0 bridgehead atoms. The van der Waals surface area contributed by atoms with Gasteiger partial charge in [0.1, 0.15) is 23.7 Å². The van der Waals surface area contributed by atoms with Crippen LogP contribution in [0.3, 0.4) is 0 Å². The number of carbonyl (C=O) groups excluding carboxylic acids is 1. The molecule has 1 fully saturated rings. The van der Waals surface area contributed by atoms with Gasteiger partial charge in [-0.25, -0.2) is 9.78 Å². The van der Waals surface area contributed by atoms with Crippen molar-refractivity contribution in [1.82, 2.24) is 9.88 Å². The minimum absolute atomic E-state index is 0.165. The number of aromatic nitrogens is 1. The van der Waals surface area contributed by atoms with Gasteiger partial charge in [0.25, 0.3) is 0 Å². The van der Waals surface area contributed by atoms with Crippen molar-refractivity contribution >= 4 is 11.8 Å². The topological polar surface area (TPSA) is 54.9 Å². The Morgan fingerprint density at radius 1 is 1.09 bits per heavy atom. The van der Waals surface area contributed by atoms with Crippen LogP contribution in [0.15, 0.2) is 72.9 Å². The van der Waals surface area contributed by atoms with Gasteiger partial charge in [-0.1, -0.05) is 55.5 Å². The van der Waals surface area contributed by atoms with Gasteiger partial charge in [-0.05, 0) is 50.6 Å². The van der Waals surface area contributed by atoms with Crippen LogP contribution in [0.5, 0.6) is 5.75 Å². The van der Waals surface area contributed by atoms with E-state index in [9.17, 15) is 4.79 Å². The summed E-state index contributed by atoms with van der Waals surface area (Å²) in [6, 6.07) is 22.5. The zero-order valence-corrected chi connectivity index (χ0v) is 20.9. The number of pyridine rings is 1. The molecule has 6 heteroatoms. The molecule has 35 heavy (non-hydrogen) atoms. The van der Waals surface area contributed by atoms with Crippen LogP contribution in [0, 0.1) is 0 Å². The van der Waals surface area contributed by atoms with Crippen LogP contribution >= 0.6 is 0 Å². The standard InChI is InChI=1S/C29H35N3O3/c1-4-31(19-24-13-8-9-15-27(24)34-21-23-11-6-5-7-12-23)25-16-18-32(20-25)28-26(14-10-17-30-28)29(33)35-22(2)3/h5-15,17,22,25H,4,16,18-21H2,1-3H3. The molecule has 3 aromatic rings. The van der Waals surface area contributed by atoms with Crippen molar-refractivity contribution in [2.75, 3.05) is 24.5 Å². The average molecular weight is 474 g/mol. The van der Waals surface area contributed by atoms with Gasteiger partial charge in [0.2, 0.25) is 0 Å². The van der Waals surface area contributed by atoms with Gasteiger partial charge in [-0.15, -0.1) is 0 Å². The van der Waals surface area contributed by atoms with Crippen molar-refractivity contribution in [3.63, 3.8) is 0 Å². The lowest BCUT2D eigenvalue weighted by atomic mass is 10.1. The highest BCUT2D eigenvalue weighted by Crippen LogP contribution is 2.28. The fourth-order valence-corrected chi connectivity index (χ4v) is 4.55. The number of carbonyl (C=O) groups is 1. The smallest absolute Gasteiger partial charge is 0.342 e. The Hall–Kier alpha value is -3.38. The van der Waals surface area contributed by atoms with Crippen LogP contribution in [0.2, 0.25) is 0 Å². The molecule has 1 aliphatic heterocycles. The predicted octanol–water partition coefficient (Wildman–Crippen LogP) is 5.33. The molecule has 0 spiro atoms. The van der Waals surface area contributed by atoms with Crippen molar-refractivity contribution in [3.05, 3.63) is 89.6 Å². The lowest BCUT2D eigenvalue weighted by Gasteiger charge is -2.29. The lowest BCUT2D eigenvalue weighted by Crippen LogP contribution is -2.37. The molecule has 0 N–H and O–H groups in total. The molecule has 0 radical (unpaired) electrons. The Bertz CT molecular complexity index is 1100. The fraction of sp³-hybridized carbons (Fsp3) is 0.379. The van der Waals surface area contributed by atoms with Crippen LogP contribution in [0.25, 0.3) is 0 Å². The molecule has 1 unspecified atom stereocenters. The fourth-order valence-electron chi connectivity index (χ4n) is 4.55. The van der Waals surface area contributed by atoms with E-state index in [0.717, 1.165) is 43.9 Å². The summed E-state index contributed by atoms with van der Waals surface area (Å²) in [7, 11) is 0. The summed E-state index contributed by atoms with van der Waals surface area (Å²) in [5, 5.41) is 0. The van der Waals surface area contributed by atoms with E-state index in [4.69, 9.17) is 9.47 Å². The Morgan fingerprint density at radius 3 is 2.63 bits per heavy atom. The summed E-state index contributed by atoms with van der Waals surface area (Å²) >= 11 is 0. The molecule has 1 atom stereocenters. The molecule has 6 nitrogen and oxygen atoms in total. The van der Waals surface area contributed by atoms with Crippen LogP contribution in [0.4, 0.5) is 5.82 Å². The molecular weight excluding hydrogens is 438 g/mol. The second kappa shape index (κ2) is 11.8. The second-order valence-electron chi connectivity index (χ2n) is 9.16. The first-order valence-corrected chi connectivity index (χ1v) is 12.4. The van der Waals surface area contributed by atoms with Gasteiger partial charge in [-0.3, -0.25) is 4.90 Å². The molecule has 184 valence electrons. The first-order chi connectivity index (χ1) is 17.0. The third-order valence-corrected chi connectivity index (χ3v) is 6.32. The van der Waals surface area contributed by atoms with E-state index >= 15 is 0 Å². The van der Waals surface area contributed by atoms with Gasteiger partial charge < -0.3 is 14.4 Å². The van der Waals surface area contributed by atoms with Gasteiger partial charge in [0.05, 0.1) is 6.10 Å². The summed E-state index contributed by atoms with van der Waals surface area (Å²) in [4.78, 5) is 21.9. The number of benzene rings is 2. The van der Waals surface area contributed by atoms with E-state index in [1.165, 1.54) is 5.56 Å².